The molecule has 1 heterocycles. The fourth-order valence-electron chi connectivity index (χ4n) is 1.66. The maximum atomic E-state index is 11.8. The Morgan fingerprint density at radius 3 is 2.74 bits per heavy atom. The molecule has 0 aliphatic carbocycles. The van der Waals surface area contributed by atoms with Crippen LogP contribution in [0.15, 0.2) is 41.8 Å². The molecule has 0 spiro atoms. The highest BCUT2D eigenvalue weighted by Gasteiger charge is 2.07. The average Bonchev–Trinajstić information content (AvgIpc) is 2.90. The van der Waals surface area contributed by atoms with E-state index in [-0.39, 0.29) is 11.8 Å². The van der Waals surface area contributed by atoms with Gasteiger partial charge in [-0.2, -0.15) is 0 Å². The minimum atomic E-state index is -0.172. The summed E-state index contributed by atoms with van der Waals surface area (Å²) in [6, 6.07) is 10.7. The van der Waals surface area contributed by atoms with Gasteiger partial charge in [0, 0.05) is 23.2 Å². The Morgan fingerprint density at radius 1 is 1.21 bits per heavy atom. The molecule has 5 heteroatoms. The van der Waals surface area contributed by atoms with Gasteiger partial charge < -0.3 is 10.6 Å². The topological polar surface area (TPSA) is 58.2 Å². The van der Waals surface area contributed by atoms with Gasteiger partial charge >= 0.3 is 0 Å². The highest BCUT2D eigenvalue weighted by Crippen LogP contribution is 2.13. The van der Waals surface area contributed by atoms with Crippen molar-refractivity contribution >= 4 is 28.8 Å². The number of carbonyl (C=O) groups is 2. The first-order valence-electron chi connectivity index (χ1n) is 5.83. The van der Waals surface area contributed by atoms with E-state index in [1.54, 1.807) is 42.6 Å². The second-order valence-corrected chi connectivity index (χ2v) is 5.00. The summed E-state index contributed by atoms with van der Waals surface area (Å²) in [4.78, 5) is 24.3. The third kappa shape index (κ3) is 3.66. The first-order valence-corrected chi connectivity index (χ1v) is 6.71. The van der Waals surface area contributed by atoms with Gasteiger partial charge in [-0.15, -0.1) is 11.3 Å². The van der Waals surface area contributed by atoms with Crippen molar-refractivity contribution in [3.63, 3.8) is 0 Å². The van der Waals surface area contributed by atoms with Crippen LogP contribution in [0, 0.1) is 0 Å². The van der Waals surface area contributed by atoms with E-state index < -0.39 is 0 Å². The van der Waals surface area contributed by atoms with Gasteiger partial charge in [0.1, 0.15) is 0 Å². The molecule has 0 atom stereocenters. The van der Waals surface area contributed by atoms with Gasteiger partial charge in [0.05, 0.1) is 6.42 Å². The van der Waals surface area contributed by atoms with Crippen LogP contribution in [-0.4, -0.2) is 18.9 Å². The smallest absolute Gasteiger partial charge is 0.251 e. The van der Waals surface area contributed by atoms with E-state index in [0.29, 0.717) is 17.7 Å². The number of amides is 2. The van der Waals surface area contributed by atoms with Crippen molar-refractivity contribution in [1.29, 1.82) is 0 Å². The molecule has 0 aliphatic rings. The van der Waals surface area contributed by atoms with Crippen LogP contribution < -0.4 is 10.6 Å². The van der Waals surface area contributed by atoms with Gasteiger partial charge in [-0.25, -0.2) is 0 Å². The monoisotopic (exact) mass is 274 g/mol. The Bertz CT molecular complexity index is 579. The van der Waals surface area contributed by atoms with Gasteiger partial charge in [-0.1, -0.05) is 12.1 Å². The molecule has 2 N–H and O–H groups in total. The van der Waals surface area contributed by atoms with E-state index in [0.717, 1.165) is 4.88 Å². The zero-order chi connectivity index (χ0) is 13.7. The molecule has 4 nitrogen and oxygen atoms in total. The maximum absolute atomic E-state index is 11.8. The lowest BCUT2D eigenvalue weighted by Gasteiger charge is -2.06. The van der Waals surface area contributed by atoms with E-state index in [2.05, 4.69) is 10.6 Å². The molecular formula is C14H14N2O2S. The molecule has 2 amide bonds. The third-order valence-electron chi connectivity index (χ3n) is 2.55. The zero-order valence-corrected chi connectivity index (χ0v) is 11.3. The molecule has 2 aromatic rings. The summed E-state index contributed by atoms with van der Waals surface area (Å²) in [5.41, 5.74) is 1.15. The van der Waals surface area contributed by atoms with E-state index in [9.17, 15) is 9.59 Å². The maximum Gasteiger partial charge on any atom is 0.251 e. The second kappa shape index (κ2) is 6.15. The zero-order valence-electron chi connectivity index (χ0n) is 10.5. The lowest BCUT2D eigenvalue weighted by Crippen LogP contribution is -2.18. The van der Waals surface area contributed by atoms with E-state index in [1.807, 2.05) is 17.5 Å². The molecule has 0 bridgehead atoms. The SMILES string of the molecule is CNC(=O)c1cccc(NC(=O)Cc2cccs2)c1. The number of thiophene rings is 1. The Labute approximate surface area is 115 Å². The van der Waals surface area contributed by atoms with Crippen molar-refractivity contribution < 1.29 is 9.59 Å². The molecule has 2 rings (SSSR count). The number of hydrogen-bond donors (Lipinski definition) is 2. The van der Waals surface area contributed by atoms with Crippen molar-refractivity contribution in [1.82, 2.24) is 5.32 Å². The van der Waals surface area contributed by atoms with Gasteiger partial charge in [-0.3, -0.25) is 9.59 Å². The van der Waals surface area contributed by atoms with Crippen LogP contribution >= 0.6 is 11.3 Å². The largest absolute Gasteiger partial charge is 0.355 e. The number of hydrogen-bond acceptors (Lipinski definition) is 3. The van der Waals surface area contributed by atoms with Crippen LogP contribution in [0.3, 0.4) is 0 Å². The highest BCUT2D eigenvalue weighted by atomic mass is 32.1. The van der Waals surface area contributed by atoms with Crippen LogP contribution in [-0.2, 0) is 11.2 Å². The summed E-state index contributed by atoms with van der Waals surface area (Å²) in [5.74, 6) is -0.258. The Hall–Kier alpha value is -2.14. The standard InChI is InChI=1S/C14H14N2O2S/c1-15-14(18)10-4-2-5-11(8-10)16-13(17)9-12-6-3-7-19-12/h2-8H,9H2,1H3,(H,15,18)(H,16,17). The van der Waals surface area contributed by atoms with Crippen LogP contribution in [0.1, 0.15) is 15.2 Å². The Morgan fingerprint density at radius 2 is 2.05 bits per heavy atom. The van der Waals surface area contributed by atoms with Crippen molar-refractivity contribution in [3.8, 4) is 0 Å². The number of rotatable bonds is 4. The molecule has 0 aliphatic heterocycles. The first kappa shape index (κ1) is 13.3. The molecule has 1 aromatic carbocycles. The predicted molar refractivity (Wildman–Crippen MR) is 76.5 cm³/mol. The molecular weight excluding hydrogens is 260 g/mol. The van der Waals surface area contributed by atoms with Crippen molar-refractivity contribution in [3.05, 3.63) is 52.2 Å². The summed E-state index contributed by atoms with van der Waals surface area (Å²) >= 11 is 1.55. The number of anilines is 1. The third-order valence-corrected chi connectivity index (χ3v) is 3.43. The summed E-state index contributed by atoms with van der Waals surface area (Å²) < 4.78 is 0. The lowest BCUT2D eigenvalue weighted by atomic mass is 10.2. The minimum absolute atomic E-state index is 0.0866. The summed E-state index contributed by atoms with van der Waals surface area (Å²) in [7, 11) is 1.57. The molecule has 0 saturated carbocycles. The molecule has 0 fully saturated rings. The summed E-state index contributed by atoms with van der Waals surface area (Å²) in [5, 5.41) is 7.27. The van der Waals surface area contributed by atoms with Gasteiger partial charge in [-0.05, 0) is 29.6 Å². The molecule has 0 radical (unpaired) electrons. The fraction of sp³-hybridized carbons (Fsp3) is 0.143. The van der Waals surface area contributed by atoms with Crippen LogP contribution in [0.25, 0.3) is 0 Å². The van der Waals surface area contributed by atoms with Crippen LogP contribution in [0.5, 0.6) is 0 Å². The van der Waals surface area contributed by atoms with Gasteiger partial charge in [0.25, 0.3) is 5.91 Å². The number of nitrogens with one attached hydrogen (secondary N) is 2. The predicted octanol–water partition coefficient (Wildman–Crippen LogP) is 2.29. The summed E-state index contributed by atoms with van der Waals surface area (Å²) in [6.07, 6.45) is 0.349. The van der Waals surface area contributed by atoms with Crippen molar-refractivity contribution in [2.24, 2.45) is 0 Å². The summed E-state index contributed by atoms with van der Waals surface area (Å²) in [6.45, 7) is 0. The van der Waals surface area contributed by atoms with Gasteiger partial charge in [0.2, 0.25) is 5.91 Å². The first-order chi connectivity index (χ1) is 9.19. The van der Waals surface area contributed by atoms with E-state index in [4.69, 9.17) is 0 Å². The molecule has 0 saturated heterocycles. The Kier molecular flexibility index (Phi) is 4.30. The number of carbonyl (C=O) groups excluding carboxylic acids is 2. The van der Waals surface area contributed by atoms with E-state index in [1.165, 1.54) is 0 Å². The van der Waals surface area contributed by atoms with Crippen LogP contribution in [0.4, 0.5) is 5.69 Å². The molecule has 19 heavy (non-hydrogen) atoms. The minimum Gasteiger partial charge on any atom is -0.355 e. The second-order valence-electron chi connectivity index (χ2n) is 3.96. The van der Waals surface area contributed by atoms with Gasteiger partial charge in [0.15, 0.2) is 0 Å². The fourth-order valence-corrected chi connectivity index (χ4v) is 2.36. The normalized spacial score (nSPS) is 9.95. The van der Waals surface area contributed by atoms with Crippen molar-refractivity contribution in [2.75, 3.05) is 12.4 Å². The highest BCUT2D eigenvalue weighted by molar-refractivity contribution is 7.10. The van der Waals surface area contributed by atoms with Crippen LogP contribution in [0.2, 0.25) is 0 Å². The Balaban J connectivity index is 2.02. The molecule has 98 valence electrons. The number of benzene rings is 1. The molecule has 0 unspecified atom stereocenters. The quantitative estimate of drug-likeness (QED) is 0.898. The lowest BCUT2D eigenvalue weighted by molar-refractivity contribution is -0.115. The van der Waals surface area contributed by atoms with Crippen molar-refractivity contribution in [2.45, 2.75) is 6.42 Å². The molecule has 1 aromatic heterocycles. The van der Waals surface area contributed by atoms with E-state index >= 15 is 0 Å². The average molecular weight is 274 g/mol.